The third-order valence-corrected chi connectivity index (χ3v) is 2.60. The Labute approximate surface area is 99.0 Å². The summed E-state index contributed by atoms with van der Waals surface area (Å²) in [5, 5.41) is 9.58. The van der Waals surface area contributed by atoms with E-state index in [2.05, 4.69) is 4.74 Å². The molecule has 0 aliphatic rings. The molecule has 4 nitrogen and oxygen atoms in total. The number of nitrogens with two attached hydrogens (primary N) is 1. The van der Waals surface area contributed by atoms with Gasteiger partial charge in [0, 0.05) is 17.5 Å². The lowest BCUT2D eigenvalue weighted by Crippen LogP contribution is -2.13. The lowest BCUT2D eigenvalue weighted by molar-refractivity contribution is -0.140. The molecular weight excluding hydrogens is 230 g/mol. The van der Waals surface area contributed by atoms with E-state index >= 15 is 0 Å². The van der Waals surface area contributed by atoms with Crippen molar-refractivity contribution in [1.82, 2.24) is 0 Å². The highest BCUT2D eigenvalue weighted by atomic mass is 35.5. The topological polar surface area (TPSA) is 72.5 Å². The van der Waals surface area contributed by atoms with Gasteiger partial charge >= 0.3 is 5.97 Å². The molecule has 0 spiro atoms. The first-order chi connectivity index (χ1) is 7.54. The molecule has 0 radical (unpaired) electrons. The molecule has 0 aliphatic heterocycles. The van der Waals surface area contributed by atoms with Crippen LogP contribution in [0.15, 0.2) is 18.2 Å². The fourth-order valence-corrected chi connectivity index (χ4v) is 1.66. The van der Waals surface area contributed by atoms with E-state index in [1.807, 2.05) is 0 Å². The number of esters is 1. The number of aromatic hydroxyl groups is 1. The van der Waals surface area contributed by atoms with Crippen molar-refractivity contribution in [3.63, 3.8) is 0 Å². The molecule has 3 N–H and O–H groups in total. The van der Waals surface area contributed by atoms with Crippen LogP contribution in [-0.4, -0.2) is 18.2 Å². The number of carbonyl (C=O) groups excluding carboxylic acids is 1. The average Bonchev–Trinajstić information content (AvgIpc) is 2.25. The first kappa shape index (κ1) is 12.8. The van der Waals surface area contributed by atoms with Crippen molar-refractivity contribution >= 4 is 17.6 Å². The van der Waals surface area contributed by atoms with Crippen molar-refractivity contribution < 1.29 is 14.6 Å². The number of methoxy groups -OCH3 is 1. The molecule has 16 heavy (non-hydrogen) atoms. The molecule has 0 aliphatic carbocycles. The first-order valence-corrected chi connectivity index (χ1v) is 5.23. The van der Waals surface area contributed by atoms with E-state index in [9.17, 15) is 9.90 Å². The minimum absolute atomic E-state index is 0.0916. The standard InChI is InChI=1S/C11H14ClNO3/c1-16-11(15)5-4-10(13)8-3-2-7(14)6-9(8)12/h2-3,6,10,14H,4-5,13H2,1H3. The number of benzene rings is 1. The van der Waals surface area contributed by atoms with Crippen molar-refractivity contribution in [1.29, 1.82) is 0 Å². The average molecular weight is 244 g/mol. The zero-order valence-electron chi connectivity index (χ0n) is 8.94. The van der Waals surface area contributed by atoms with Gasteiger partial charge < -0.3 is 15.6 Å². The van der Waals surface area contributed by atoms with Gasteiger partial charge in [0.05, 0.1) is 7.11 Å². The molecule has 1 rings (SSSR count). The molecule has 0 fully saturated rings. The zero-order chi connectivity index (χ0) is 12.1. The largest absolute Gasteiger partial charge is 0.508 e. The third-order valence-electron chi connectivity index (χ3n) is 2.27. The van der Waals surface area contributed by atoms with E-state index in [0.29, 0.717) is 17.0 Å². The smallest absolute Gasteiger partial charge is 0.305 e. The monoisotopic (exact) mass is 243 g/mol. The van der Waals surface area contributed by atoms with Crippen LogP contribution in [0.2, 0.25) is 5.02 Å². The van der Waals surface area contributed by atoms with E-state index in [-0.39, 0.29) is 24.2 Å². The van der Waals surface area contributed by atoms with Crippen LogP contribution >= 0.6 is 11.6 Å². The lowest BCUT2D eigenvalue weighted by Gasteiger charge is -2.13. The fraction of sp³-hybridized carbons (Fsp3) is 0.364. The van der Waals surface area contributed by atoms with Crippen LogP contribution in [0, 0.1) is 0 Å². The number of halogens is 1. The molecule has 1 atom stereocenters. The highest BCUT2D eigenvalue weighted by molar-refractivity contribution is 6.31. The van der Waals surface area contributed by atoms with Gasteiger partial charge in [0.25, 0.3) is 0 Å². The summed E-state index contributed by atoms with van der Waals surface area (Å²) in [4.78, 5) is 10.9. The van der Waals surface area contributed by atoms with Crippen molar-refractivity contribution in [3.05, 3.63) is 28.8 Å². The molecule has 1 aromatic rings. The van der Waals surface area contributed by atoms with Gasteiger partial charge in [-0.2, -0.15) is 0 Å². The van der Waals surface area contributed by atoms with Crippen molar-refractivity contribution in [3.8, 4) is 5.75 Å². The zero-order valence-corrected chi connectivity index (χ0v) is 9.70. The van der Waals surface area contributed by atoms with E-state index in [0.717, 1.165) is 0 Å². The number of phenols is 1. The van der Waals surface area contributed by atoms with Gasteiger partial charge in [-0.3, -0.25) is 4.79 Å². The molecule has 88 valence electrons. The van der Waals surface area contributed by atoms with Gasteiger partial charge in [-0.15, -0.1) is 0 Å². The Hall–Kier alpha value is -1.26. The van der Waals surface area contributed by atoms with Gasteiger partial charge in [0.2, 0.25) is 0 Å². The Morgan fingerprint density at radius 3 is 2.88 bits per heavy atom. The fourth-order valence-electron chi connectivity index (χ4n) is 1.35. The molecule has 0 heterocycles. The summed E-state index contributed by atoms with van der Waals surface area (Å²) in [5.74, 6) is -0.209. The van der Waals surface area contributed by atoms with Gasteiger partial charge in [0.1, 0.15) is 5.75 Å². The molecule has 5 heteroatoms. The predicted octanol–water partition coefficient (Wildman–Crippen LogP) is 2.00. The Morgan fingerprint density at radius 2 is 2.31 bits per heavy atom. The van der Waals surface area contributed by atoms with E-state index in [1.54, 1.807) is 6.07 Å². The van der Waals surface area contributed by atoms with Crippen LogP contribution in [0.1, 0.15) is 24.4 Å². The number of phenolic OH excluding ortho intramolecular Hbond substituents is 1. The minimum Gasteiger partial charge on any atom is -0.508 e. The highest BCUT2D eigenvalue weighted by Gasteiger charge is 2.12. The SMILES string of the molecule is COC(=O)CCC(N)c1ccc(O)cc1Cl. The second-order valence-electron chi connectivity index (χ2n) is 3.43. The second kappa shape index (κ2) is 5.72. The second-order valence-corrected chi connectivity index (χ2v) is 3.83. The minimum atomic E-state index is -0.341. The Kier molecular flexibility index (Phi) is 4.58. The van der Waals surface area contributed by atoms with Crippen molar-refractivity contribution in [2.24, 2.45) is 5.73 Å². The molecular formula is C11H14ClNO3. The maximum absolute atomic E-state index is 10.9. The van der Waals surface area contributed by atoms with Gasteiger partial charge in [-0.05, 0) is 24.1 Å². The van der Waals surface area contributed by atoms with Gasteiger partial charge in [-0.1, -0.05) is 17.7 Å². The molecule has 1 unspecified atom stereocenters. The summed E-state index contributed by atoms with van der Waals surface area (Å²) < 4.78 is 4.52. The van der Waals surface area contributed by atoms with Crippen LogP contribution in [0.5, 0.6) is 5.75 Å². The number of ether oxygens (including phenoxy) is 1. The molecule has 1 aromatic carbocycles. The van der Waals surface area contributed by atoms with Crippen molar-refractivity contribution in [2.45, 2.75) is 18.9 Å². The molecule has 0 saturated heterocycles. The third kappa shape index (κ3) is 3.40. The quantitative estimate of drug-likeness (QED) is 0.794. The van der Waals surface area contributed by atoms with Crippen LogP contribution in [0.3, 0.4) is 0 Å². The maximum Gasteiger partial charge on any atom is 0.305 e. The summed E-state index contributed by atoms with van der Waals surface area (Å²) in [6, 6.07) is 4.25. The normalized spacial score (nSPS) is 12.2. The Morgan fingerprint density at radius 1 is 1.62 bits per heavy atom. The van der Waals surface area contributed by atoms with Crippen molar-refractivity contribution in [2.75, 3.05) is 7.11 Å². The number of rotatable bonds is 4. The summed E-state index contributed by atoms with van der Waals surface area (Å²) in [5.41, 5.74) is 6.59. The van der Waals surface area contributed by atoms with Gasteiger partial charge in [-0.25, -0.2) is 0 Å². The van der Waals surface area contributed by atoms with E-state index < -0.39 is 0 Å². The lowest BCUT2D eigenvalue weighted by atomic mass is 10.0. The Bertz CT molecular complexity index is 381. The van der Waals surface area contributed by atoms with Crippen LogP contribution in [-0.2, 0) is 9.53 Å². The summed E-state index contributed by atoms with van der Waals surface area (Å²) in [6.45, 7) is 0. The Balaban J connectivity index is 2.65. The van der Waals surface area contributed by atoms with E-state index in [1.165, 1.54) is 19.2 Å². The molecule has 0 bridgehead atoms. The van der Waals surface area contributed by atoms with Crippen LogP contribution in [0.4, 0.5) is 0 Å². The summed E-state index contributed by atoms with van der Waals surface area (Å²) in [7, 11) is 1.33. The first-order valence-electron chi connectivity index (χ1n) is 4.85. The van der Waals surface area contributed by atoms with Crippen LogP contribution < -0.4 is 5.73 Å². The summed E-state index contributed by atoms with van der Waals surface area (Å²) >= 11 is 5.92. The predicted molar refractivity (Wildman–Crippen MR) is 61.3 cm³/mol. The molecule has 0 amide bonds. The molecule has 0 saturated carbocycles. The van der Waals surface area contributed by atoms with E-state index in [4.69, 9.17) is 17.3 Å². The highest BCUT2D eigenvalue weighted by Crippen LogP contribution is 2.27. The number of carbonyl (C=O) groups is 1. The molecule has 0 aromatic heterocycles. The summed E-state index contributed by atoms with van der Waals surface area (Å²) in [6.07, 6.45) is 0.700. The number of hydrogen-bond acceptors (Lipinski definition) is 4. The number of hydrogen-bond donors (Lipinski definition) is 2. The van der Waals surface area contributed by atoms with Crippen LogP contribution in [0.25, 0.3) is 0 Å². The van der Waals surface area contributed by atoms with Gasteiger partial charge in [0.15, 0.2) is 0 Å². The maximum atomic E-state index is 10.9.